The SMILES string of the molecule is CCCCCCCC(I)OC1CCCOC1. The molecule has 1 rings (SSSR count). The Morgan fingerprint density at radius 3 is 2.81 bits per heavy atom. The van der Waals surface area contributed by atoms with Gasteiger partial charge in [0.05, 0.1) is 12.7 Å². The van der Waals surface area contributed by atoms with E-state index in [2.05, 4.69) is 29.5 Å². The second-order valence-corrected chi connectivity index (χ2v) is 5.98. The zero-order valence-corrected chi connectivity index (χ0v) is 12.6. The number of hydrogen-bond acceptors (Lipinski definition) is 2. The third-order valence-corrected chi connectivity index (χ3v) is 3.91. The van der Waals surface area contributed by atoms with Crippen LogP contribution in [0.15, 0.2) is 0 Å². The third-order valence-electron chi connectivity index (χ3n) is 2.99. The molecule has 1 saturated heterocycles. The van der Waals surface area contributed by atoms with Crippen LogP contribution in [0.1, 0.15) is 58.3 Å². The third kappa shape index (κ3) is 7.07. The van der Waals surface area contributed by atoms with Gasteiger partial charge >= 0.3 is 0 Å². The number of halogens is 1. The van der Waals surface area contributed by atoms with Crippen molar-refractivity contribution < 1.29 is 9.47 Å². The number of rotatable bonds is 8. The van der Waals surface area contributed by atoms with Gasteiger partial charge in [0.1, 0.15) is 4.11 Å². The molecule has 0 aromatic carbocycles. The van der Waals surface area contributed by atoms with Gasteiger partial charge in [-0.25, -0.2) is 0 Å². The van der Waals surface area contributed by atoms with E-state index in [0.717, 1.165) is 19.6 Å². The van der Waals surface area contributed by atoms with Gasteiger partial charge < -0.3 is 9.47 Å². The Balaban J connectivity index is 1.95. The minimum Gasteiger partial charge on any atom is -0.379 e. The van der Waals surface area contributed by atoms with E-state index in [0.29, 0.717) is 10.2 Å². The van der Waals surface area contributed by atoms with Gasteiger partial charge in [0, 0.05) is 6.61 Å². The molecule has 2 nitrogen and oxygen atoms in total. The Bertz CT molecular complexity index is 158. The monoisotopic (exact) mass is 340 g/mol. The fraction of sp³-hybridized carbons (Fsp3) is 1.00. The Kier molecular flexibility index (Phi) is 8.88. The van der Waals surface area contributed by atoms with Crippen molar-refractivity contribution in [2.45, 2.75) is 68.5 Å². The Morgan fingerprint density at radius 2 is 2.12 bits per heavy atom. The largest absolute Gasteiger partial charge is 0.379 e. The highest BCUT2D eigenvalue weighted by Gasteiger charge is 2.17. The Hall–Kier alpha value is 0.650. The van der Waals surface area contributed by atoms with Crippen molar-refractivity contribution in [2.75, 3.05) is 13.2 Å². The lowest BCUT2D eigenvalue weighted by atomic mass is 10.1. The molecule has 2 unspecified atom stereocenters. The van der Waals surface area contributed by atoms with Crippen LogP contribution < -0.4 is 0 Å². The molecule has 0 aromatic heterocycles. The second-order valence-electron chi connectivity index (χ2n) is 4.59. The highest BCUT2D eigenvalue weighted by atomic mass is 127. The van der Waals surface area contributed by atoms with E-state index in [1.54, 1.807) is 0 Å². The van der Waals surface area contributed by atoms with Gasteiger partial charge in [0.15, 0.2) is 0 Å². The number of alkyl halides is 1. The van der Waals surface area contributed by atoms with Crippen molar-refractivity contribution in [2.24, 2.45) is 0 Å². The average Bonchev–Trinajstić information content (AvgIpc) is 2.30. The van der Waals surface area contributed by atoms with Gasteiger partial charge in [-0.05, 0) is 19.3 Å². The van der Waals surface area contributed by atoms with Crippen LogP contribution in [0, 0.1) is 0 Å². The first kappa shape index (κ1) is 14.7. The molecule has 0 radical (unpaired) electrons. The molecular formula is C13H25IO2. The summed E-state index contributed by atoms with van der Waals surface area (Å²) in [6, 6.07) is 0. The van der Waals surface area contributed by atoms with Crippen LogP contribution in [0.25, 0.3) is 0 Å². The lowest BCUT2D eigenvalue weighted by Crippen LogP contribution is -2.27. The number of unbranched alkanes of at least 4 members (excludes halogenated alkanes) is 4. The van der Waals surface area contributed by atoms with Crippen molar-refractivity contribution in [3.8, 4) is 0 Å². The highest BCUT2D eigenvalue weighted by Crippen LogP contribution is 2.19. The van der Waals surface area contributed by atoms with Crippen LogP contribution in [0.2, 0.25) is 0 Å². The summed E-state index contributed by atoms with van der Waals surface area (Å²) in [6.07, 6.45) is 10.6. The minimum atomic E-state index is 0.353. The summed E-state index contributed by atoms with van der Waals surface area (Å²) in [5.74, 6) is 0. The molecule has 0 N–H and O–H groups in total. The highest BCUT2D eigenvalue weighted by molar-refractivity contribution is 14.1. The van der Waals surface area contributed by atoms with E-state index >= 15 is 0 Å². The molecule has 1 fully saturated rings. The first-order chi connectivity index (χ1) is 7.83. The van der Waals surface area contributed by atoms with Gasteiger partial charge in [-0.15, -0.1) is 0 Å². The Morgan fingerprint density at radius 1 is 1.31 bits per heavy atom. The lowest BCUT2D eigenvalue weighted by Gasteiger charge is -2.25. The van der Waals surface area contributed by atoms with Crippen LogP contribution in [-0.2, 0) is 9.47 Å². The van der Waals surface area contributed by atoms with Gasteiger partial charge in [-0.2, -0.15) is 0 Å². The molecule has 0 amide bonds. The standard InChI is InChI=1S/C13H25IO2/c1-2-3-4-5-6-9-13(14)16-12-8-7-10-15-11-12/h12-13H,2-11H2,1H3. The maximum Gasteiger partial charge on any atom is 0.109 e. The summed E-state index contributed by atoms with van der Waals surface area (Å²) < 4.78 is 11.8. The molecule has 0 saturated carbocycles. The zero-order valence-electron chi connectivity index (χ0n) is 10.4. The van der Waals surface area contributed by atoms with E-state index in [-0.39, 0.29) is 0 Å². The summed E-state index contributed by atoms with van der Waals surface area (Å²) in [5, 5.41) is 0. The van der Waals surface area contributed by atoms with Crippen LogP contribution in [0.3, 0.4) is 0 Å². The second kappa shape index (κ2) is 9.66. The molecule has 0 bridgehead atoms. The molecule has 16 heavy (non-hydrogen) atoms. The van der Waals surface area contributed by atoms with Crippen molar-refractivity contribution >= 4 is 22.6 Å². The first-order valence-electron chi connectivity index (χ1n) is 6.70. The van der Waals surface area contributed by atoms with Crippen LogP contribution in [-0.4, -0.2) is 23.4 Å². The number of hydrogen-bond donors (Lipinski definition) is 0. The molecule has 1 aliphatic heterocycles. The summed E-state index contributed by atoms with van der Waals surface area (Å²) >= 11 is 2.43. The maximum absolute atomic E-state index is 5.96. The minimum absolute atomic E-state index is 0.353. The predicted molar refractivity (Wildman–Crippen MR) is 76.1 cm³/mol. The zero-order chi connectivity index (χ0) is 11.6. The smallest absolute Gasteiger partial charge is 0.109 e. The van der Waals surface area contributed by atoms with Gasteiger partial charge in [-0.1, -0.05) is 61.6 Å². The molecule has 1 aliphatic rings. The summed E-state index contributed by atoms with van der Waals surface area (Å²) in [5.41, 5.74) is 0. The first-order valence-corrected chi connectivity index (χ1v) is 7.94. The summed E-state index contributed by atoms with van der Waals surface area (Å²) in [6.45, 7) is 3.98. The van der Waals surface area contributed by atoms with E-state index in [1.807, 2.05) is 0 Å². The Labute approximate surface area is 114 Å². The molecule has 1 heterocycles. The maximum atomic E-state index is 5.96. The van der Waals surface area contributed by atoms with E-state index in [1.165, 1.54) is 44.9 Å². The van der Waals surface area contributed by atoms with Crippen molar-refractivity contribution in [3.05, 3.63) is 0 Å². The van der Waals surface area contributed by atoms with E-state index in [9.17, 15) is 0 Å². The fourth-order valence-corrected chi connectivity index (χ4v) is 2.86. The van der Waals surface area contributed by atoms with Gasteiger partial charge in [-0.3, -0.25) is 0 Å². The molecule has 96 valence electrons. The molecule has 3 heteroatoms. The normalized spacial score (nSPS) is 23.2. The van der Waals surface area contributed by atoms with Crippen molar-refractivity contribution in [1.82, 2.24) is 0 Å². The van der Waals surface area contributed by atoms with Gasteiger partial charge in [0.2, 0.25) is 0 Å². The van der Waals surface area contributed by atoms with Crippen LogP contribution >= 0.6 is 22.6 Å². The summed E-state index contributed by atoms with van der Waals surface area (Å²) in [4.78, 5) is 0. The fourth-order valence-electron chi connectivity index (χ4n) is 2.00. The van der Waals surface area contributed by atoms with Gasteiger partial charge in [0.25, 0.3) is 0 Å². The summed E-state index contributed by atoms with van der Waals surface area (Å²) in [7, 11) is 0. The quantitative estimate of drug-likeness (QED) is 0.373. The molecule has 0 aromatic rings. The van der Waals surface area contributed by atoms with Crippen molar-refractivity contribution in [3.63, 3.8) is 0 Å². The average molecular weight is 340 g/mol. The lowest BCUT2D eigenvalue weighted by molar-refractivity contribution is -0.0563. The van der Waals surface area contributed by atoms with E-state index in [4.69, 9.17) is 9.47 Å². The molecule has 2 atom stereocenters. The number of ether oxygens (including phenoxy) is 2. The molecule has 0 spiro atoms. The van der Waals surface area contributed by atoms with Crippen LogP contribution in [0.5, 0.6) is 0 Å². The topological polar surface area (TPSA) is 18.5 Å². The molecule has 0 aliphatic carbocycles. The van der Waals surface area contributed by atoms with Crippen LogP contribution in [0.4, 0.5) is 0 Å². The van der Waals surface area contributed by atoms with E-state index < -0.39 is 0 Å². The van der Waals surface area contributed by atoms with Crippen molar-refractivity contribution in [1.29, 1.82) is 0 Å². The predicted octanol–water partition coefficient (Wildman–Crippen LogP) is 4.30. The molecular weight excluding hydrogens is 315 g/mol.